The summed E-state index contributed by atoms with van der Waals surface area (Å²) in [5.41, 5.74) is -1.31. The molecule has 37 heavy (non-hydrogen) atoms. The van der Waals surface area contributed by atoms with Gasteiger partial charge >= 0.3 is 0 Å². The van der Waals surface area contributed by atoms with Gasteiger partial charge in [-0.25, -0.2) is 8.42 Å². The summed E-state index contributed by atoms with van der Waals surface area (Å²) in [5.74, 6) is -0.0156. The van der Waals surface area contributed by atoms with Gasteiger partial charge in [-0.1, -0.05) is 6.08 Å². The van der Waals surface area contributed by atoms with Gasteiger partial charge in [-0.05, 0) is 42.8 Å². The number of hydrogen-bond acceptors (Lipinski definition) is 9. The zero-order valence-corrected chi connectivity index (χ0v) is 21.5. The number of pyridine rings is 1. The average Bonchev–Trinajstić information content (AvgIpc) is 3.80. The number of ether oxygens (including phenoxy) is 3. The molecule has 1 saturated heterocycles. The molecule has 3 fully saturated rings. The molecule has 1 aliphatic heterocycles. The Kier molecular flexibility index (Phi) is 6.48. The predicted molar refractivity (Wildman–Crippen MR) is 135 cm³/mol. The second-order valence-electron chi connectivity index (χ2n) is 9.68. The lowest BCUT2D eigenvalue weighted by Gasteiger charge is -2.21. The van der Waals surface area contributed by atoms with Gasteiger partial charge in [-0.3, -0.25) is 14.3 Å². The molecule has 5 rings (SSSR count). The molecule has 1 aromatic heterocycles. The number of sulfonamides is 1. The number of rotatable bonds is 10. The Morgan fingerprint density at radius 3 is 2.65 bits per heavy atom. The highest BCUT2D eigenvalue weighted by molar-refractivity contribution is 7.91. The van der Waals surface area contributed by atoms with Gasteiger partial charge < -0.3 is 24.8 Å². The van der Waals surface area contributed by atoms with E-state index >= 15 is 0 Å². The number of hydrogen-bond donors (Lipinski definition) is 3. The number of carbonyl (C=O) groups excluding carboxylic acids is 2. The van der Waals surface area contributed by atoms with Crippen molar-refractivity contribution in [2.75, 3.05) is 20.8 Å². The number of amides is 2. The lowest BCUT2D eigenvalue weighted by molar-refractivity contribution is -0.130. The van der Waals surface area contributed by atoms with Crippen LogP contribution in [0.3, 0.4) is 0 Å². The second kappa shape index (κ2) is 9.49. The number of nitrogens with zero attached hydrogens (tertiary/aromatic N) is 1. The molecule has 198 valence electrons. The molecule has 3 N–H and O–H groups in total. The van der Waals surface area contributed by atoms with Crippen molar-refractivity contribution < 1.29 is 32.2 Å². The van der Waals surface area contributed by atoms with Crippen LogP contribution in [-0.2, 0) is 19.6 Å². The van der Waals surface area contributed by atoms with E-state index in [9.17, 15) is 18.0 Å². The smallest absolute Gasteiger partial charge is 0.259 e. The molecule has 0 spiro atoms. The van der Waals surface area contributed by atoms with Crippen molar-refractivity contribution >= 4 is 32.6 Å². The maximum Gasteiger partial charge on any atom is 0.259 e. The van der Waals surface area contributed by atoms with Crippen LogP contribution < -0.4 is 29.6 Å². The number of nitrogens with one attached hydrogen (secondary N) is 3. The molecule has 1 aromatic carbocycles. The van der Waals surface area contributed by atoms with Crippen LogP contribution in [0.1, 0.15) is 25.7 Å². The molecule has 1 unspecified atom stereocenters. The zero-order chi connectivity index (χ0) is 26.4. The standard InChI is InChI=1S/C25H30N4O7S/c1-4-15-12-25(15,24(31)29-37(32,33)18-6-7-18)28-22(30)20-11-17(13-26-20)36-23-19-8-5-16(34-2)9-14(19)10-21(27-23)35-3/h4-5,8-10,15,17-18,20,26H,1,6-7,11-13H2,2-3H3,(H,28,30)(H,29,31)/t15-,17?,20+,25-/m1/s1. The van der Waals surface area contributed by atoms with Crippen molar-refractivity contribution in [3.05, 3.63) is 36.9 Å². The quantitative estimate of drug-likeness (QED) is 0.384. The lowest BCUT2D eigenvalue weighted by Crippen LogP contribution is -2.55. The van der Waals surface area contributed by atoms with Crippen molar-refractivity contribution in [3.63, 3.8) is 0 Å². The molecule has 12 heteroatoms. The molecule has 2 saturated carbocycles. The third kappa shape index (κ3) is 4.95. The Balaban J connectivity index is 1.26. The fourth-order valence-electron chi connectivity index (χ4n) is 4.68. The minimum Gasteiger partial charge on any atom is -0.497 e. The van der Waals surface area contributed by atoms with Crippen molar-refractivity contribution in [2.45, 2.75) is 48.6 Å². The Bertz CT molecular complexity index is 1360. The van der Waals surface area contributed by atoms with E-state index in [0.717, 1.165) is 10.8 Å². The average molecular weight is 531 g/mol. The molecule has 2 amide bonds. The first-order valence-electron chi connectivity index (χ1n) is 12.1. The summed E-state index contributed by atoms with van der Waals surface area (Å²) in [6.07, 6.45) is 2.89. The van der Waals surface area contributed by atoms with E-state index in [2.05, 4.69) is 26.9 Å². The summed E-state index contributed by atoms with van der Waals surface area (Å²) in [5, 5.41) is 6.98. The van der Waals surface area contributed by atoms with Gasteiger partial charge in [0.15, 0.2) is 0 Å². The number of aromatic nitrogens is 1. The van der Waals surface area contributed by atoms with Gasteiger partial charge in [0.2, 0.25) is 27.7 Å². The lowest BCUT2D eigenvalue weighted by atomic mass is 10.1. The molecular formula is C25H30N4O7S. The van der Waals surface area contributed by atoms with Crippen LogP contribution in [0, 0.1) is 5.92 Å². The minimum atomic E-state index is -3.73. The summed E-state index contributed by atoms with van der Waals surface area (Å²) in [4.78, 5) is 30.5. The number of carbonyl (C=O) groups is 2. The molecule has 4 atom stereocenters. The maximum absolute atomic E-state index is 13.1. The highest BCUT2D eigenvalue weighted by atomic mass is 32.2. The van der Waals surface area contributed by atoms with E-state index in [1.54, 1.807) is 19.3 Å². The van der Waals surface area contributed by atoms with Crippen molar-refractivity contribution in [1.82, 2.24) is 20.3 Å². The van der Waals surface area contributed by atoms with E-state index in [-0.39, 0.29) is 12.0 Å². The molecule has 0 bridgehead atoms. The van der Waals surface area contributed by atoms with Crippen molar-refractivity contribution in [3.8, 4) is 17.5 Å². The van der Waals surface area contributed by atoms with Crippen LogP contribution in [0.25, 0.3) is 10.8 Å². The normalized spacial score (nSPS) is 26.8. The first-order chi connectivity index (χ1) is 17.7. The molecule has 2 aromatic rings. The van der Waals surface area contributed by atoms with Crippen molar-refractivity contribution in [2.24, 2.45) is 5.92 Å². The van der Waals surface area contributed by atoms with Crippen LogP contribution in [0.4, 0.5) is 0 Å². The molecule has 2 aliphatic carbocycles. The van der Waals surface area contributed by atoms with Crippen LogP contribution >= 0.6 is 0 Å². The SMILES string of the molecule is C=C[C@@H]1C[C@]1(NC(=O)[C@@H]1CC(Oc2nc(OC)cc3cc(OC)ccc23)CN1)C(=O)NS(=O)(=O)C1CC1. The van der Waals surface area contributed by atoms with Gasteiger partial charge in [0.1, 0.15) is 17.4 Å². The summed E-state index contributed by atoms with van der Waals surface area (Å²) in [7, 11) is -0.625. The molecule has 0 radical (unpaired) electrons. The maximum atomic E-state index is 13.1. The first kappa shape index (κ1) is 25.3. The van der Waals surface area contributed by atoms with E-state index in [4.69, 9.17) is 14.2 Å². The first-order valence-corrected chi connectivity index (χ1v) is 13.7. The van der Waals surface area contributed by atoms with Crippen LogP contribution in [0.5, 0.6) is 17.5 Å². The van der Waals surface area contributed by atoms with Gasteiger partial charge in [0, 0.05) is 30.3 Å². The van der Waals surface area contributed by atoms with E-state index in [1.165, 1.54) is 7.11 Å². The third-order valence-corrected chi connectivity index (χ3v) is 8.94. The Labute approximate surface area is 215 Å². The van der Waals surface area contributed by atoms with Gasteiger partial charge in [-0.2, -0.15) is 4.98 Å². The third-order valence-electron chi connectivity index (χ3n) is 7.12. The fourth-order valence-corrected chi connectivity index (χ4v) is 6.04. The highest BCUT2D eigenvalue weighted by Crippen LogP contribution is 2.45. The van der Waals surface area contributed by atoms with E-state index in [1.807, 2.05) is 18.2 Å². The van der Waals surface area contributed by atoms with Gasteiger partial charge in [-0.15, -0.1) is 6.58 Å². The van der Waals surface area contributed by atoms with E-state index in [0.29, 0.717) is 49.7 Å². The van der Waals surface area contributed by atoms with Crippen LogP contribution in [0.15, 0.2) is 36.9 Å². The molecule has 2 heterocycles. The van der Waals surface area contributed by atoms with Gasteiger partial charge in [0.05, 0.1) is 25.5 Å². The second-order valence-corrected chi connectivity index (χ2v) is 11.6. The number of benzene rings is 1. The zero-order valence-electron chi connectivity index (χ0n) is 20.7. The summed E-state index contributed by atoms with van der Waals surface area (Å²) >= 11 is 0. The summed E-state index contributed by atoms with van der Waals surface area (Å²) in [6.45, 7) is 4.10. The molecule has 3 aliphatic rings. The summed E-state index contributed by atoms with van der Waals surface area (Å²) < 4.78 is 43.5. The van der Waals surface area contributed by atoms with Crippen LogP contribution in [0.2, 0.25) is 0 Å². The predicted octanol–water partition coefficient (Wildman–Crippen LogP) is 1.03. The Morgan fingerprint density at radius 2 is 2.00 bits per heavy atom. The monoisotopic (exact) mass is 530 g/mol. The Hall–Kier alpha value is -3.38. The van der Waals surface area contributed by atoms with Gasteiger partial charge in [0.25, 0.3) is 5.91 Å². The number of methoxy groups -OCH3 is 2. The van der Waals surface area contributed by atoms with Crippen LogP contribution in [-0.4, -0.2) is 68.9 Å². The topological polar surface area (TPSA) is 145 Å². The molecular weight excluding hydrogens is 500 g/mol. The fraction of sp³-hybridized carbons (Fsp3) is 0.480. The largest absolute Gasteiger partial charge is 0.497 e. The van der Waals surface area contributed by atoms with Crippen molar-refractivity contribution in [1.29, 1.82) is 0 Å². The Morgan fingerprint density at radius 1 is 1.22 bits per heavy atom. The summed E-state index contributed by atoms with van der Waals surface area (Å²) in [6, 6.07) is 6.68. The van der Waals surface area contributed by atoms with E-state index < -0.39 is 38.7 Å². The number of fused-ring (bicyclic) bond motifs is 1. The highest BCUT2D eigenvalue weighted by Gasteiger charge is 2.61. The molecule has 11 nitrogen and oxygen atoms in total. The minimum absolute atomic E-state index is 0.296.